The lowest BCUT2D eigenvalue weighted by Crippen LogP contribution is -2.28. The van der Waals surface area contributed by atoms with Crippen LogP contribution in [0.2, 0.25) is 0 Å². The van der Waals surface area contributed by atoms with Gasteiger partial charge in [-0.25, -0.2) is 4.79 Å². The molecular formula is C24H24N2O3S. The first kappa shape index (κ1) is 20.4. The summed E-state index contributed by atoms with van der Waals surface area (Å²) in [5.41, 5.74) is 1.51. The average molecular weight is 421 g/mol. The predicted octanol–water partition coefficient (Wildman–Crippen LogP) is 5.52. The van der Waals surface area contributed by atoms with Crippen LogP contribution in [0.4, 0.5) is 5.00 Å². The third-order valence-corrected chi connectivity index (χ3v) is 7.68. The van der Waals surface area contributed by atoms with Crippen molar-refractivity contribution in [1.29, 1.82) is 5.26 Å². The molecule has 0 bridgehead atoms. The number of thiophene rings is 1. The van der Waals surface area contributed by atoms with E-state index in [0.717, 1.165) is 31.2 Å². The van der Waals surface area contributed by atoms with E-state index in [2.05, 4.69) is 32.2 Å². The number of amides is 1. The third kappa shape index (κ3) is 3.54. The first-order valence-corrected chi connectivity index (χ1v) is 11.0. The molecular weight excluding hydrogens is 396 g/mol. The van der Waals surface area contributed by atoms with Crippen molar-refractivity contribution < 1.29 is 9.21 Å². The lowest BCUT2D eigenvalue weighted by atomic mass is 9.69. The summed E-state index contributed by atoms with van der Waals surface area (Å²) in [6, 6.07) is 10.9. The Bertz CT molecular complexity index is 1230. The lowest BCUT2D eigenvalue weighted by Gasteiger charge is -2.36. The maximum atomic E-state index is 12.9. The molecule has 0 spiro atoms. The molecule has 5 nitrogen and oxygen atoms in total. The Hall–Kier alpha value is -2.91. The van der Waals surface area contributed by atoms with Crippen LogP contribution in [0.5, 0.6) is 0 Å². The standard InChI is InChI=1S/C24H24N2O3S/c1-4-24(2,3)15-9-10-16-18(13-25)22(30-20(16)12-15)26-21(27)17-11-14-7-5-6-8-19(14)29-23(17)28/h5-8,11,15H,4,9-10,12H2,1-3H3,(H,26,27)/t15-/m1/s1. The minimum atomic E-state index is -0.684. The molecule has 1 aliphatic rings. The van der Waals surface area contributed by atoms with E-state index in [1.54, 1.807) is 18.2 Å². The van der Waals surface area contributed by atoms with Crippen LogP contribution in [0.15, 0.2) is 39.5 Å². The van der Waals surface area contributed by atoms with Crippen LogP contribution < -0.4 is 10.9 Å². The third-order valence-electron chi connectivity index (χ3n) is 6.51. The Balaban J connectivity index is 1.65. The van der Waals surface area contributed by atoms with E-state index >= 15 is 0 Å². The van der Waals surface area contributed by atoms with Crippen LogP contribution in [0.25, 0.3) is 11.0 Å². The fourth-order valence-electron chi connectivity index (χ4n) is 4.14. The van der Waals surface area contributed by atoms with E-state index in [1.165, 1.54) is 22.3 Å². The zero-order valence-electron chi connectivity index (χ0n) is 17.4. The summed E-state index contributed by atoms with van der Waals surface area (Å²) >= 11 is 1.46. The molecule has 6 heteroatoms. The van der Waals surface area contributed by atoms with Crippen molar-refractivity contribution >= 4 is 33.2 Å². The van der Waals surface area contributed by atoms with Gasteiger partial charge in [-0.2, -0.15) is 5.26 Å². The number of nitrogens with one attached hydrogen (secondary N) is 1. The molecule has 0 radical (unpaired) electrons. The molecule has 1 aliphatic carbocycles. The minimum absolute atomic E-state index is 0.0612. The van der Waals surface area contributed by atoms with Gasteiger partial charge in [-0.3, -0.25) is 4.79 Å². The number of carbonyl (C=O) groups is 1. The summed E-state index contributed by atoms with van der Waals surface area (Å²) in [6.45, 7) is 6.80. The second-order valence-corrected chi connectivity index (χ2v) is 9.65. The first-order chi connectivity index (χ1) is 14.3. The van der Waals surface area contributed by atoms with Crippen LogP contribution in [-0.4, -0.2) is 5.91 Å². The molecule has 1 aromatic carbocycles. The summed E-state index contributed by atoms with van der Waals surface area (Å²) in [5, 5.41) is 13.7. The maximum Gasteiger partial charge on any atom is 0.349 e. The Morgan fingerprint density at radius 2 is 2.13 bits per heavy atom. The van der Waals surface area contributed by atoms with E-state index in [4.69, 9.17) is 4.42 Å². The van der Waals surface area contributed by atoms with Crippen molar-refractivity contribution in [3.8, 4) is 6.07 Å². The van der Waals surface area contributed by atoms with E-state index < -0.39 is 11.5 Å². The van der Waals surface area contributed by atoms with E-state index in [1.807, 2.05) is 6.07 Å². The lowest BCUT2D eigenvalue weighted by molar-refractivity contribution is 0.102. The number of rotatable bonds is 4. The maximum absolute atomic E-state index is 12.9. The summed E-state index contributed by atoms with van der Waals surface area (Å²) in [7, 11) is 0. The second-order valence-electron chi connectivity index (χ2n) is 8.54. The van der Waals surface area contributed by atoms with Gasteiger partial charge in [-0.05, 0) is 48.3 Å². The van der Waals surface area contributed by atoms with Crippen molar-refractivity contribution in [2.45, 2.75) is 46.5 Å². The van der Waals surface area contributed by atoms with Crippen molar-refractivity contribution in [2.24, 2.45) is 11.3 Å². The zero-order chi connectivity index (χ0) is 21.5. The van der Waals surface area contributed by atoms with Gasteiger partial charge in [0, 0.05) is 10.3 Å². The van der Waals surface area contributed by atoms with Crippen LogP contribution in [-0.2, 0) is 12.8 Å². The minimum Gasteiger partial charge on any atom is -0.422 e. The number of anilines is 1. The van der Waals surface area contributed by atoms with Crippen molar-refractivity contribution in [3.05, 3.63) is 62.3 Å². The molecule has 0 unspecified atom stereocenters. The highest BCUT2D eigenvalue weighted by Crippen LogP contribution is 2.45. The van der Waals surface area contributed by atoms with Gasteiger partial charge in [0.1, 0.15) is 22.2 Å². The number of carbonyl (C=O) groups excluding carboxylic acids is 1. The quantitative estimate of drug-likeness (QED) is 0.563. The summed E-state index contributed by atoms with van der Waals surface area (Å²) in [6.07, 6.45) is 3.91. The predicted molar refractivity (Wildman–Crippen MR) is 119 cm³/mol. The average Bonchev–Trinajstić information content (AvgIpc) is 3.09. The van der Waals surface area contributed by atoms with Gasteiger partial charge in [0.05, 0.1) is 5.56 Å². The Kier molecular flexibility index (Phi) is 5.25. The molecule has 3 aromatic rings. The second kappa shape index (κ2) is 7.73. The Morgan fingerprint density at radius 3 is 2.87 bits per heavy atom. The number of fused-ring (bicyclic) bond motifs is 2. The summed E-state index contributed by atoms with van der Waals surface area (Å²) < 4.78 is 5.28. The molecule has 0 saturated heterocycles. The van der Waals surface area contributed by atoms with Crippen molar-refractivity contribution in [1.82, 2.24) is 0 Å². The molecule has 2 aromatic heterocycles. The van der Waals surface area contributed by atoms with E-state index in [-0.39, 0.29) is 11.0 Å². The molecule has 1 N–H and O–H groups in total. The van der Waals surface area contributed by atoms with Gasteiger partial charge < -0.3 is 9.73 Å². The summed E-state index contributed by atoms with van der Waals surface area (Å²) in [4.78, 5) is 26.3. The zero-order valence-corrected chi connectivity index (χ0v) is 18.2. The molecule has 154 valence electrons. The number of nitriles is 1. The van der Waals surface area contributed by atoms with Gasteiger partial charge in [0.2, 0.25) is 0 Å². The SMILES string of the molecule is CCC(C)(C)[C@@H]1CCc2c(sc(NC(=O)c3cc4ccccc4oc3=O)c2C#N)C1. The molecule has 2 heterocycles. The topological polar surface area (TPSA) is 83.1 Å². The molecule has 0 aliphatic heterocycles. The molecule has 4 rings (SSSR count). The van der Waals surface area contributed by atoms with Gasteiger partial charge in [-0.1, -0.05) is 45.4 Å². The highest BCUT2D eigenvalue weighted by atomic mass is 32.1. The van der Waals surface area contributed by atoms with Crippen LogP contribution in [0.3, 0.4) is 0 Å². The monoisotopic (exact) mass is 420 g/mol. The number of hydrogen-bond acceptors (Lipinski definition) is 5. The van der Waals surface area contributed by atoms with Crippen molar-refractivity contribution in [2.75, 3.05) is 5.32 Å². The van der Waals surface area contributed by atoms with Crippen molar-refractivity contribution in [3.63, 3.8) is 0 Å². The number of para-hydroxylation sites is 1. The molecule has 1 atom stereocenters. The van der Waals surface area contributed by atoms with E-state index in [9.17, 15) is 14.9 Å². The highest BCUT2D eigenvalue weighted by molar-refractivity contribution is 7.16. The first-order valence-electron chi connectivity index (χ1n) is 10.2. The Morgan fingerprint density at radius 1 is 1.37 bits per heavy atom. The van der Waals surface area contributed by atoms with Gasteiger partial charge in [0.25, 0.3) is 5.91 Å². The number of benzene rings is 1. The van der Waals surface area contributed by atoms with Crippen LogP contribution >= 0.6 is 11.3 Å². The fourth-order valence-corrected chi connectivity index (χ4v) is 5.41. The molecule has 0 saturated carbocycles. The van der Waals surface area contributed by atoms with E-state index in [0.29, 0.717) is 27.5 Å². The smallest absolute Gasteiger partial charge is 0.349 e. The van der Waals surface area contributed by atoms with Crippen LogP contribution in [0, 0.1) is 22.7 Å². The number of hydrogen-bond donors (Lipinski definition) is 1. The van der Waals surface area contributed by atoms with Crippen LogP contribution in [0.1, 0.15) is 60.0 Å². The largest absolute Gasteiger partial charge is 0.422 e. The molecule has 1 amide bonds. The Labute approximate surface area is 179 Å². The van der Waals surface area contributed by atoms with Gasteiger partial charge in [-0.15, -0.1) is 11.3 Å². The fraction of sp³-hybridized carbons (Fsp3) is 0.375. The number of nitrogens with zero attached hydrogens (tertiary/aromatic N) is 1. The molecule has 0 fully saturated rings. The normalized spacial score (nSPS) is 16.1. The van der Waals surface area contributed by atoms with Gasteiger partial charge in [0.15, 0.2) is 0 Å². The molecule has 30 heavy (non-hydrogen) atoms. The summed E-state index contributed by atoms with van der Waals surface area (Å²) in [5.74, 6) is 0.00585. The van der Waals surface area contributed by atoms with Gasteiger partial charge >= 0.3 is 5.63 Å². The highest BCUT2D eigenvalue weighted by Gasteiger charge is 2.34.